The van der Waals surface area contributed by atoms with E-state index in [1.165, 1.54) is 4.90 Å². The molecule has 0 aromatic heterocycles. The van der Waals surface area contributed by atoms with Gasteiger partial charge in [0.2, 0.25) is 5.91 Å². The molecule has 0 aromatic rings. The van der Waals surface area contributed by atoms with Crippen LogP contribution < -0.4 is 0 Å². The van der Waals surface area contributed by atoms with Crippen LogP contribution in [0.5, 0.6) is 0 Å². The van der Waals surface area contributed by atoms with Gasteiger partial charge in [0.05, 0.1) is 11.8 Å². The lowest BCUT2D eigenvalue weighted by Gasteiger charge is -2.43. The van der Waals surface area contributed by atoms with E-state index in [9.17, 15) is 9.59 Å². The standard InChI is InChI=1S/C10H10ClNO3S.ClH/c11-3-1-2-6-5-16-8-4-7(13)12(8)9(6)10(14)15;/h1-2,8H,3-5H2,(H,14,15);1H. The van der Waals surface area contributed by atoms with Crippen LogP contribution in [0.3, 0.4) is 0 Å². The highest BCUT2D eigenvalue weighted by Gasteiger charge is 2.44. The Kier molecular flexibility index (Phi) is 4.91. The summed E-state index contributed by atoms with van der Waals surface area (Å²) in [6.07, 6.45) is 3.81. The number of carboxylic acid groups (broad SMARTS) is 1. The largest absolute Gasteiger partial charge is 0.477 e. The summed E-state index contributed by atoms with van der Waals surface area (Å²) in [5.74, 6) is -0.221. The highest BCUT2D eigenvalue weighted by Crippen LogP contribution is 2.40. The Morgan fingerprint density at radius 3 is 2.88 bits per heavy atom. The van der Waals surface area contributed by atoms with Gasteiger partial charge in [-0.15, -0.1) is 35.8 Å². The molecule has 1 atom stereocenters. The second kappa shape index (κ2) is 5.80. The van der Waals surface area contributed by atoms with Gasteiger partial charge in [0.1, 0.15) is 5.70 Å². The van der Waals surface area contributed by atoms with Gasteiger partial charge in [0.15, 0.2) is 0 Å². The number of hydrogen-bond donors (Lipinski definition) is 1. The average Bonchev–Trinajstić information content (AvgIpc) is 2.24. The van der Waals surface area contributed by atoms with E-state index in [1.807, 2.05) is 0 Å². The minimum atomic E-state index is -1.05. The van der Waals surface area contributed by atoms with Gasteiger partial charge in [-0.1, -0.05) is 12.2 Å². The molecule has 0 spiro atoms. The monoisotopic (exact) mass is 295 g/mol. The zero-order valence-electron chi connectivity index (χ0n) is 8.76. The molecule has 0 aromatic carbocycles. The van der Waals surface area contributed by atoms with Crippen molar-refractivity contribution in [2.24, 2.45) is 0 Å². The van der Waals surface area contributed by atoms with Crippen LogP contribution >= 0.6 is 35.8 Å². The highest BCUT2D eigenvalue weighted by molar-refractivity contribution is 8.00. The van der Waals surface area contributed by atoms with Gasteiger partial charge in [-0.3, -0.25) is 9.69 Å². The van der Waals surface area contributed by atoms with Crippen LogP contribution in [0.2, 0.25) is 0 Å². The first-order chi connectivity index (χ1) is 7.65. The summed E-state index contributed by atoms with van der Waals surface area (Å²) in [5.41, 5.74) is 0.767. The van der Waals surface area contributed by atoms with Crippen LogP contribution in [0.25, 0.3) is 0 Å². The number of amides is 1. The molecular formula is C10H11Cl2NO3S. The number of fused-ring (bicyclic) bond motifs is 1. The predicted molar refractivity (Wildman–Crippen MR) is 69.5 cm³/mol. The molecule has 0 bridgehead atoms. The van der Waals surface area contributed by atoms with Crippen molar-refractivity contribution in [2.75, 3.05) is 11.6 Å². The van der Waals surface area contributed by atoms with E-state index in [1.54, 1.807) is 23.9 Å². The number of aliphatic carboxylic acids is 1. The summed E-state index contributed by atoms with van der Waals surface area (Å²) < 4.78 is 0. The van der Waals surface area contributed by atoms with Crippen molar-refractivity contribution in [3.05, 3.63) is 23.4 Å². The first-order valence-electron chi connectivity index (χ1n) is 4.77. The molecular weight excluding hydrogens is 285 g/mol. The molecule has 1 fully saturated rings. The third kappa shape index (κ3) is 2.61. The normalized spacial score (nSPS) is 23.2. The van der Waals surface area contributed by atoms with Crippen LogP contribution in [0.15, 0.2) is 23.4 Å². The van der Waals surface area contributed by atoms with E-state index in [2.05, 4.69) is 0 Å². The number of β-lactam (4-membered cyclic amide) rings is 1. The van der Waals surface area contributed by atoms with Crippen molar-refractivity contribution in [3.63, 3.8) is 0 Å². The fraction of sp³-hybridized carbons (Fsp3) is 0.400. The third-order valence-corrected chi connectivity index (χ3v) is 3.91. The zero-order chi connectivity index (χ0) is 11.7. The van der Waals surface area contributed by atoms with E-state index < -0.39 is 5.97 Å². The number of rotatable bonds is 3. The molecule has 2 aliphatic heterocycles. The van der Waals surface area contributed by atoms with Crippen LogP contribution in [0.4, 0.5) is 0 Å². The summed E-state index contributed by atoms with van der Waals surface area (Å²) in [5, 5.41) is 9.13. The number of halogens is 2. The van der Waals surface area contributed by atoms with E-state index in [-0.39, 0.29) is 29.4 Å². The average molecular weight is 296 g/mol. The fourth-order valence-corrected chi connectivity index (χ4v) is 3.08. The Morgan fingerprint density at radius 1 is 1.65 bits per heavy atom. The number of alkyl halides is 1. The van der Waals surface area contributed by atoms with Gasteiger partial charge in [-0.2, -0.15) is 0 Å². The second-order valence-corrected chi connectivity index (χ2v) is 4.94. The minimum Gasteiger partial charge on any atom is -0.477 e. The summed E-state index contributed by atoms with van der Waals surface area (Å²) >= 11 is 7.10. The Bertz CT molecular complexity index is 408. The van der Waals surface area contributed by atoms with E-state index >= 15 is 0 Å². The SMILES string of the molecule is Cl.O=C(O)C1=C(C=CCCl)CSC2CC(=O)N12. The molecule has 1 unspecified atom stereocenters. The Labute approximate surface area is 114 Å². The molecule has 2 rings (SSSR count). The number of thioether (sulfide) groups is 1. The number of carboxylic acids is 1. The molecule has 7 heteroatoms. The lowest BCUT2D eigenvalue weighted by molar-refractivity contribution is -0.146. The van der Waals surface area contributed by atoms with Crippen molar-refractivity contribution < 1.29 is 14.7 Å². The summed E-state index contributed by atoms with van der Waals surface area (Å²) in [6.45, 7) is 0. The smallest absolute Gasteiger partial charge is 0.352 e. The van der Waals surface area contributed by atoms with Crippen LogP contribution in [-0.4, -0.2) is 38.9 Å². The number of carbonyl (C=O) groups is 2. The fourth-order valence-electron chi connectivity index (χ4n) is 1.75. The summed E-state index contributed by atoms with van der Waals surface area (Å²) in [4.78, 5) is 23.9. The Balaban J connectivity index is 0.00000144. The molecule has 1 amide bonds. The van der Waals surface area contributed by atoms with Gasteiger partial charge in [0.25, 0.3) is 0 Å². The molecule has 0 radical (unpaired) electrons. The quantitative estimate of drug-likeness (QED) is 0.638. The molecule has 17 heavy (non-hydrogen) atoms. The first-order valence-corrected chi connectivity index (χ1v) is 6.36. The minimum absolute atomic E-state index is 0. The third-order valence-electron chi connectivity index (χ3n) is 2.49. The van der Waals surface area contributed by atoms with Gasteiger partial charge >= 0.3 is 5.97 Å². The van der Waals surface area contributed by atoms with Gasteiger partial charge in [0, 0.05) is 11.6 Å². The van der Waals surface area contributed by atoms with Crippen molar-refractivity contribution >= 4 is 47.6 Å². The topological polar surface area (TPSA) is 57.6 Å². The molecule has 0 aliphatic carbocycles. The van der Waals surface area contributed by atoms with E-state index in [0.717, 1.165) is 0 Å². The lowest BCUT2D eigenvalue weighted by atomic mass is 10.1. The Hall–Kier alpha value is -0.650. The van der Waals surface area contributed by atoms with Gasteiger partial charge in [-0.25, -0.2) is 4.79 Å². The van der Waals surface area contributed by atoms with Crippen molar-refractivity contribution in [3.8, 4) is 0 Å². The number of allylic oxidation sites excluding steroid dienone is 2. The van der Waals surface area contributed by atoms with Crippen molar-refractivity contribution in [2.45, 2.75) is 11.8 Å². The molecule has 4 nitrogen and oxygen atoms in total. The zero-order valence-corrected chi connectivity index (χ0v) is 11.1. The molecule has 2 aliphatic rings. The summed E-state index contributed by atoms with van der Waals surface area (Å²) in [7, 11) is 0. The molecule has 0 saturated carbocycles. The maximum absolute atomic E-state index is 11.4. The highest BCUT2D eigenvalue weighted by atomic mass is 35.5. The van der Waals surface area contributed by atoms with Gasteiger partial charge in [-0.05, 0) is 5.57 Å². The molecule has 94 valence electrons. The van der Waals surface area contributed by atoms with Crippen molar-refractivity contribution in [1.29, 1.82) is 0 Å². The van der Waals surface area contributed by atoms with Crippen molar-refractivity contribution in [1.82, 2.24) is 4.90 Å². The molecule has 1 saturated heterocycles. The number of carbonyl (C=O) groups excluding carboxylic acids is 1. The number of nitrogens with zero attached hydrogens (tertiary/aromatic N) is 1. The van der Waals surface area contributed by atoms with Crippen LogP contribution in [0, 0.1) is 0 Å². The second-order valence-electron chi connectivity index (χ2n) is 3.47. The van der Waals surface area contributed by atoms with Gasteiger partial charge < -0.3 is 5.11 Å². The Morgan fingerprint density at radius 2 is 2.35 bits per heavy atom. The number of hydrogen-bond acceptors (Lipinski definition) is 3. The predicted octanol–water partition coefficient (Wildman–Crippen LogP) is 1.85. The lowest BCUT2D eigenvalue weighted by Crippen LogP contribution is -2.53. The van der Waals surface area contributed by atoms with Crippen LogP contribution in [0.1, 0.15) is 6.42 Å². The first kappa shape index (κ1) is 14.4. The molecule has 1 N–H and O–H groups in total. The van der Waals surface area contributed by atoms with E-state index in [0.29, 0.717) is 23.6 Å². The summed E-state index contributed by atoms with van der Waals surface area (Å²) in [6, 6.07) is 0. The van der Waals surface area contributed by atoms with E-state index in [4.69, 9.17) is 16.7 Å². The molecule has 2 heterocycles. The van der Waals surface area contributed by atoms with Crippen LogP contribution in [-0.2, 0) is 9.59 Å². The maximum atomic E-state index is 11.4. The maximum Gasteiger partial charge on any atom is 0.352 e.